The van der Waals surface area contributed by atoms with Gasteiger partial charge in [-0.3, -0.25) is 9.59 Å². The van der Waals surface area contributed by atoms with Crippen LogP contribution in [0.25, 0.3) is 0 Å². The average molecular weight is 499 g/mol. The lowest BCUT2D eigenvalue weighted by Gasteiger charge is -2.39. The van der Waals surface area contributed by atoms with Crippen molar-refractivity contribution in [3.8, 4) is 5.75 Å². The van der Waals surface area contributed by atoms with E-state index in [2.05, 4.69) is 60.1 Å². The molecule has 2 aliphatic rings. The number of hydrogen-bond donors (Lipinski definition) is 1. The first-order valence-corrected chi connectivity index (χ1v) is 13.1. The van der Waals surface area contributed by atoms with Gasteiger partial charge in [-0.2, -0.15) is 0 Å². The number of benzene rings is 2. The molecule has 0 saturated heterocycles. The van der Waals surface area contributed by atoms with Gasteiger partial charge in [-0.1, -0.05) is 54.8 Å². The van der Waals surface area contributed by atoms with Crippen LogP contribution in [0.15, 0.2) is 71.7 Å². The molecule has 192 valence electrons. The summed E-state index contributed by atoms with van der Waals surface area (Å²) >= 11 is 0. The van der Waals surface area contributed by atoms with Gasteiger partial charge < -0.3 is 19.4 Å². The molecule has 0 radical (unpaired) electrons. The second kappa shape index (κ2) is 11.1. The number of nitrogens with zero attached hydrogens (tertiary/aromatic N) is 1. The van der Waals surface area contributed by atoms with Crippen molar-refractivity contribution >= 4 is 11.8 Å². The lowest BCUT2D eigenvalue weighted by molar-refractivity contribution is -0.137. The third-order valence-electron chi connectivity index (χ3n) is 7.40. The average Bonchev–Trinajstić information content (AvgIpc) is 3.63. The van der Waals surface area contributed by atoms with E-state index in [0.29, 0.717) is 18.1 Å². The van der Waals surface area contributed by atoms with Crippen LogP contribution in [0.4, 0.5) is 0 Å². The highest BCUT2D eigenvalue weighted by molar-refractivity contribution is 5.91. The molecule has 1 aromatic heterocycles. The Morgan fingerprint density at radius 1 is 1.11 bits per heavy atom. The van der Waals surface area contributed by atoms with Crippen LogP contribution in [0.5, 0.6) is 5.75 Å². The molecule has 1 saturated carbocycles. The summed E-state index contributed by atoms with van der Waals surface area (Å²) in [6, 6.07) is 17.9. The lowest BCUT2D eigenvalue weighted by atomic mass is 9.86. The van der Waals surface area contributed by atoms with Gasteiger partial charge in [0.25, 0.3) is 5.91 Å². The molecule has 0 spiro atoms. The van der Waals surface area contributed by atoms with E-state index in [1.807, 2.05) is 6.07 Å². The van der Waals surface area contributed by atoms with E-state index >= 15 is 0 Å². The van der Waals surface area contributed by atoms with Crippen LogP contribution in [-0.4, -0.2) is 29.8 Å². The standard InChI is InChI=1S/C31H34N2O4/c1-3-17-32-30(34)28-15-14-26(37-28)20-36-25-13-12-22-16-18-33(31(35)24-6-4-5-7-24)29(27(22)19-25)23-10-8-21(2)9-11-23/h3,8-15,19,24,29H,1,4-7,16-18,20H2,2H3,(H,32,34)/t29-/m0/s1. The van der Waals surface area contributed by atoms with E-state index in [4.69, 9.17) is 9.15 Å². The summed E-state index contributed by atoms with van der Waals surface area (Å²) in [6.07, 6.45) is 6.70. The van der Waals surface area contributed by atoms with Crippen LogP contribution in [0, 0.1) is 12.8 Å². The zero-order valence-electron chi connectivity index (χ0n) is 21.4. The number of amides is 2. The molecule has 1 aliphatic carbocycles. The van der Waals surface area contributed by atoms with Crippen LogP contribution in [0.3, 0.4) is 0 Å². The molecule has 3 aromatic rings. The molecule has 1 aliphatic heterocycles. The van der Waals surface area contributed by atoms with Gasteiger partial charge >= 0.3 is 0 Å². The Bertz CT molecular complexity index is 1270. The Labute approximate surface area is 218 Å². The highest BCUT2D eigenvalue weighted by Crippen LogP contribution is 2.40. The fourth-order valence-corrected chi connectivity index (χ4v) is 5.42. The van der Waals surface area contributed by atoms with Gasteiger partial charge in [-0.15, -0.1) is 6.58 Å². The molecular formula is C31H34N2O4. The number of nitrogens with one attached hydrogen (secondary N) is 1. The molecule has 1 atom stereocenters. The lowest BCUT2D eigenvalue weighted by Crippen LogP contribution is -2.43. The molecule has 0 unspecified atom stereocenters. The number of rotatable bonds is 8. The van der Waals surface area contributed by atoms with Crippen LogP contribution in [0.2, 0.25) is 0 Å². The molecule has 2 aromatic carbocycles. The SMILES string of the molecule is C=CCNC(=O)c1ccc(COc2ccc3c(c2)[C@H](c2ccc(C)cc2)N(C(=O)C2CCCC2)CC3)o1. The van der Waals surface area contributed by atoms with Crippen molar-refractivity contribution in [2.75, 3.05) is 13.1 Å². The summed E-state index contributed by atoms with van der Waals surface area (Å²) in [5.41, 5.74) is 4.67. The van der Waals surface area contributed by atoms with E-state index in [0.717, 1.165) is 49.8 Å². The second-order valence-corrected chi connectivity index (χ2v) is 9.99. The summed E-state index contributed by atoms with van der Waals surface area (Å²) < 4.78 is 11.7. The Hall–Kier alpha value is -3.80. The molecule has 5 rings (SSSR count). The van der Waals surface area contributed by atoms with Crippen molar-refractivity contribution in [3.63, 3.8) is 0 Å². The zero-order valence-corrected chi connectivity index (χ0v) is 21.4. The molecule has 1 N–H and O–H groups in total. The Morgan fingerprint density at radius 2 is 1.89 bits per heavy atom. The van der Waals surface area contributed by atoms with Crippen LogP contribution >= 0.6 is 0 Å². The van der Waals surface area contributed by atoms with Crippen LogP contribution in [-0.2, 0) is 17.8 Å². The van der Waals surface area contributed by atoms with Gasteiger partial charge in [0.1, 0.15) is 18.1 Å². The Kier molecular flexibility index (Phi) is 7.45. The topological polar surface area (TPSA) is 71.8 Å². The normalized spacial score (nSPS) is 17.3. The third-order valence-corrected chi connectivity index (χ3v) is 7.40. The predicted molar refractivity (Wildman–Crippen MR) is 142 cm³/mol. The summed E-state index contributed by atoms with van der Waals surface area (Å²) in [4.78, 5) is 27.8. The summed E-state index contributed by atoms with van der Waals surface area (Å²) in [5.74, 6) is 1.64. The van der Waals surface area contributed by atoms with Crippen molar-refractivity contribution in [2.45, 2.75) is 51.7 Å². The quantitative estimate of drug-likeness (QED) is 0.402. The van der Waals surface area contributed by atoms with Gasteiger partial charge in [-0.25, -0.2) is 0 Å². The number of hydrogen-bond acceptors (Lipinski definition) is 4. The largest absolute Gasteiger partial charge is 0.486 e. The molecular weight excluding hydrogens is 464 g/mol. The summed E-state index contributed by atoms with van der Waals surface area (Å²) in [5, 5.41) is 2.70. The Morgan fingerprint density at radius 3 is 2.65 bits per heavy atom. The maximum atomic E-state index is 13.6. The maximum absolute atomic E-state index is 13.6. The fourth-order valence-electron chi connectivity index (χ4n) is 5.42. The first-order valence-electron chi connectivity index (χ1n) is 13.1. The van der Waals surface area contributed by atoms with Gasteiger partial charge in [0.05, 0.1) is 6.04 Å². The fraction of sp³-hybridized carbons (Fsp3) is 0.355. The number of fused-ring (bicyclic) bond motifs is 1. The van der Waals surface area contributed by atoms with Gasteiger partial charge in [-0.05, 0) is 67.1 Å². The third kappa shape index (κ3) is 5.48. The van der Waals surface area contributed by atoms with Gasteiger partial charge in [0.15, 0.2) is 5.76 Å². The monoisotopic (exact) mass is 498 g/mol. The molecule has 2 amide bonds. The van der Waals surface area contributed by atoms with E-state index in [1.54, 1.807) is 18.2 Å². The van der Waals surface area contributed by atoms with E-state index in [1.165, 1.54) is 11.1 Å². The second-order valence-electron chi connectivity index (χ2n) is 9.99. The number of aryl methyl sites for hydroxylation is 1. The first kappa shape index (κ1) is 24.9. The minimum absolute atomic E-state index is 0.130. The van der Waals surface area contributed by atoms with Crippen molar-refractivity contribution in [1.29, 1.82) is 0 Å². The molecule has 6 heteroatoms. The number of furan rings is 1. The minimum Gasteiger partial charge on any atom is -0.486 e. The number of carbonyl (C=O) groups excluding carboxylic acids is 2. The molecule has 6 nitrogen and oxygen atoms in total. The maximum Gasteiger partial charge on any atom is 0.287 e. The van der Waals surface area contributed by atoms with Crippen LogP contribution < -0.4 is 10.1 Å². The van der Waals surface area contributed by atoms with E-state index < -0.39 is 0 Å². The van der Waals surface area contributed by atoms with Crippen molar-refractivity contribution in [1.82, 2.24) is 10.2 Å². The highest BCUT2D eigenvalue weighted by atomic mass is 16.5. The number of ether oxygens (including phenoxy) is 1. The van der Waals surface area contributed by atoms with Crippen molar-refractivity contribution in [3.05, 3.63) is 101 Å². The molecule has 1 fully saturated rings. The van der Waals surface area contributed by atoms with Gasteiger partial charge in [0, 0.05) is 19.0 Å². The van der Waals surface area contributed by atoms with Gasteiger partial charge in [0.2, 0.25) is 5.91 Å². The smallest absolute Gasteiger partial charge is 0.287 e. The summed E-state index contributed by atoms with van der Waals surface area (Å²) in [7, 11) is 0. The van der Waals surface area contributed by atoms with Crippen molar-refractivity contribution in [2.24, 2.45) is 5.92 Å². The van der Waals surface area contributed by atoms with E-state index in [-0.39, 0.29) is 36.1 Å². The minimum atomic E-state index is -0.284. The zero-order chi connectivity index (χ0) is 25.8. The highest BCUT2D eigenvalue weighted by Gasteiger charge is 2.36. The molecule has 0 bridgehead atoms. The van der Waals surface area contributed by atoms with Crippen molar-refractivity contribution < 1.29 is 18.7 Å². The predicted octanol–water partition coefficient (Wildman–Crippen LogP) is 5.75. The molecule has 2 heterocycles. The van der Waals surface area contributed by atoms with Crippen LogP contribution in [0.1, 0.15) is 70.3 Å². The molecule has 37 heavy (non-hydrogen) atoms. The summed E-state index contributed by atoms with van der Waals surface area (Å²) in [6.45, 7) is 6.99. The van der Waals surface area contributed by atoms with E-state index in [9.17, 15) is 9.59 Å². The number of carbonyl (C=O) groups is 2. The first-order chi connectivity index (χ1) is 18.0. The Balaban J connectivity index is 1.38.